The summed E-state index contributed by atoms with van der Waals surface area (Å²) in [5.74, 6) is -0.309. The minimum atomic E-state index is -1.08. The molecule has 1 aliphatic rings. The first-order valence-corrected chi connectivity index (χ1v) is 11.4. The molecule has 4 heteroatoms. The van der Waals surface area contributed by atoms with Crippen LogP contribution in [0.1, 0.15) is 27.0 Å². The van der Waals surface area contributed by atoms with Gasteiger partial charge in [0.2, 0.25) is 0 Å². The average Bonchev–Trinajstić information content (AvgIpc) is 3.41. The van der Waals surface area contributed by atoms with Gasteiger partial charge in [0.1, 0.15) is 0 Å². The Hall–Kier alpha value is -4.31. The molecular weight excluding hydrogens is 420 g/mol. The van der Waals surface area contributed by atoms with Crippen molar-refractivity contribution in [3.05, 3.63) is 125 Å². The topological polar surface area (TPSA) is 45.3 Å². The van der Waals surface area contributed by atoms with Crippen molar-refractivity contribution in [1.29, 1.82) is 0 Å². The molecule has 4 aromatic carbocycles. The Kier molecular flexibility index (Phi) is 4.56. The van der Waals surface area contributed by atoms with Gasteiger partial charge in [-0.2, -0.15) is 0 Å². The van der Waals surface area contributed by atoms with E-state index in [1.807, 2.05) is 68.7 Å². The number of hydrogen-bond donors (Lipinski definition) is 1. The molecule has 1 aromatic heterocycles. The van der Waals surface area contributed by atoms with Crippen molar-refractivity contribution in [2.45, 2.75) is 5.60 Å². The fourth-order valence-corrected chi connectivity index (χ4v) is 5.08. The number of nitrogens with zero attached hydrogens (tertiary/aromatic N) is 1. The van der Waals surface area contributed by atoms with Crippen LogP contribution >= 0.6 is 0 Å². The Morgan fingerprint density at radius 2 is 1.44 bits per heavy atom. The van der Waals surface area contributed by atoms with Gasteiger partial charge in [0, 0.05) is 47.4 Å². The van der Waals surface area contributed by atoms with Gasteiger partial charge in [0.15, 0.2) is 5.60 Å². The van der Waals surface area contributed by atoms with E-state index in [2.05, 4.69) is 58.4 Å². The van der Waals surface area contributed by atoms with Crippen LogP contribution in [0, 0.1) is 0 Å². The lowest BCUT2D eigenvalue weighted by Crippen LogP contribution is -2.30. The molecule has 0 bridgehead atoms. The summed E-state index contributed by atoms with van der Waals surface area (Å²) in [6, 6.07) is 34.4. The van der Waals surface area contributed by atoms with Crippen LogP contribution in [-0.2, 0) is 10.3 Å². The summed E-state index contributed by atoms with van der Waals surface area (Å²) >= 11 is 0. The number of hydrogen-bond acceptors (Lipinski definition) is 3. The van der Waals surface area contributed by atoms with Crippen molar-refractivity contribution in [1.82, 2.24) is 4.98 Å². The summed E-state index contributed by atoms with van der Waals surface area (Å²) in [5, 5.41) is 1.03. The number of nitrogens with one attached hydrogen (secondary N) is 1. The van der Waals surface area contributed by atoms with Crippen molar-refractivity contribution in [2.75, 3.05) is 19.0 Å². The summed E-state index contributed by atoms with van der Waals surface area (Å²) in [6.07, 6.45) is 0. The highest BCUT2D eigenvalue weighted by atomic mass is 16.6. The second kappa shape index (κ2) is 7.63. The molecule has 6 rings (SSSR count). The van der Waals surface area contributed by atoms with E-state index in [1.165, 1.54) is 0 Å². The lowest BCUT2D eigenvalue weighted by Gasteiger charge is -2.31. The van der Waals surface area contributed by atoms with Crippen molar-refractivity contribution >= 4 is 22.6 Å². The molecule has 1 unspecified atom stereocenters. The summed E-state index contributed by atoms with van der Waals surface area (Å²) < 4.78 is 6.45. The predicted molar refractivity (Wildman–Crippen MR) is 136 cm³/mol. The standard InChI is InChI=1S/C30H24N2O2/c1-32(2)22-18-16-21(17-19-22)30(25-14-8-6-12-23(25)29(33)34-30)27-24-13-7-9-15-26(24)31-28(27)20-10-4-3-5-11-20/h3-19,31H,1-2H3. The van der Waals surface area contributed by atoms with Crippen LogP contribution in [0.25, 0.3) is 22.2 Å². The largest absolute Gasteiger partial charge is 0.440 e. The Balaban J connectivity index is 1.74. The van der Waals surface area contributed by atoms with Gasteiger partial charge in [-0.05, 0) is 29.8 Å². The minimum Gasteiger partial charge on any atom is -0.440 e. The monoisotopic (exact) mass is 444 g/mol. The van der Waals surface area contributed by atoms with Crippen LogP contribution in [-0.4, -0.2) is 25.0 Å². The molecule has 5 aromatic rings. The highest BCUT2D eigenvalue weighted by Crippen LogP contribution is 2.52. The number of cyclic esters (lactones) is 1. The summed E-state index contributed by atoms with van der Waals surface area (Å²) in [7, 11) is 4.03. The van der Waals surface area contributed by atoms with E-state index in [-0.39, 0.29) is 5.97 Å². The second-order valence-corrected chi connectivity index (χ2v) is 8.84. The van der Waals surface area contributed by atoms with Crippen LogP contribution in [0.15, 0.2) is 103 Å². The zero-order valence-electron chi connectivity index (χ0n) is 19.1. The van der Waals surface area contributed by atoms with Crippen LogP contribution in [0.2, 0.25) is 0 Å². The molecule has 0 saturated heterocycles. The number of H-pyrrole nitrogens is 1. The van der Waals surface area contributed by atoms with Gasteiger partial charge in [-0.1, -0.05) is 78.9 Å². The highest BCUT2D eigenvalue weighted by Gasteiger charge is 2.51. The predicted octanol–water partition coefficient (Wildman–Crippen LogP) is 6.36. The zero-order valence-corrected chi connectivity index (χ0v) is 19.1. The molecule has 0 amide bonds. The van der Waals surface area contributed by atoms with E-state index in [9.17, 15) is 4.79 Å². The molecular formula is C30H24N2O2. The smallest absolute Gasteiger partial charge is 0.340 e. The molecule has 2 heterocycles. The third-order valence-electron chi connectivity index (χ3n) is 6.68. The Morgan fingerprint density at radius 3 is 2.21 bits per heavy atom. The van der Waals surface area contributed by atoms with E-state index in [0.29, 0.717) is 5.56 Å². The number of fused-ring (bicyclic) bond motifs is 2. The number of aromatic nitrogens is 1. The molecule has 0 saturated carbocycles. The van der Waals surface area contributed by atoms with Gasteiger partial charge in [0.05, 0.1) is 11.3 Å². The van der Waals surface area contributed by atoms with Crippen molar-refractivity contribution in [3.8, 4) is 11.3 Å². The maximum atomic E-state index is 13.3. The first kappa shape index (κ1) is 20.3. The number of para-hydroxylation sites is 1. The number of ether oxygens (including phenoxy) is 1. The third-order valence-corrected chi connectivity index (χ3v) is 6.68. The number of anilines is 1. The minimum absolute atomic E-state index is 0.309. The number of carbonyl (C=O) groups is 1. The van der Waals surface area contributed by atoms with E-state index >= 15 is 0 Å². The van der Waals surface area contributed by atoms with Crippen molar-refractivity contribution in [2.24, 2.45) is 0 Å². The molecule has 0 radical (unpaired) electrons. The zero-order chi connectivity index (χ0) is 23.3. The maximum Gasteiger partial charge on any atom is 0.340 e. The summed E-state index contributed by atoms with van der Waals surface area (Å²) in [5.41, 5.74) is 6.32. The Bertz CT molecular complexity index is 1520. The number of carbonyl (C=O) groups excluding carboxylic acids is 1. The first-order chi connectivity index (χ1) is 16.6. The number of esters is 1. The van der Waals surface area contributed by atoms with Crippen LogP contribution in [0.3, 0.4) is 0 Å². The highest BCUT2D eigenvalue weighted by molar-refractivity contribution is 6.00. The summed E-state index contributed by atoms with van der Waals surface area (Å²) in [4.78, 5) is 19.0. The van der Waals surface area contributed by atoms with E-state index in [4.69, 9.17) is 4.74 Å². The van der Waals surface area contributed by atoms with Gasteiger partial charge in [-0.25, -0.2) is 4.79 Å². The fourth-order valence-electron chi connectivity index (χ4n) is 5.08. The van der Waals surface area contributed by atoms with Gasteiger partial charge in [-0.15, -0.1) is 0 Å². The lowest BCUT2D eigenvalue weighted by atomic mass is 9.77. The van der Waals surface area contributed by atoms with Crippen molar-refractivity contribution < 1.29 is 9.53 Å². The normalized spacial score (nSPS) is 16.9. The van der Waals surface area contributed by atoms with Gasteiger partial charge >= 0.3 is 5.97 Å². The maximum absolute atomic E-state index is 13.3. The lowest BCUT2D eigenvalue weighted by molar-refractivity contribution is 0.0257. The Labute approximate surface area is 198 Å². The molecule has 166 valence electrons. The molecule has 4 nitrogen and oxygen atoms in total. The fraction of sp³-hybridized carbons (Fsp3) is 0.100. The average molecular weight is 445 g/mol. The number of benzene rings is 4. The number of rotatable bonds is 4. The quantitative estimate of drug-likeness (QED) is 0.328. The van der Waals surface area contributed by atoms with E-state index in [0.717, 1.165) is 44.5 Å². The SMILES string of the molecule is CN(C)c1ccc(C2(c3c(-c4ccccc4)[nH]c4ccccc34)OC(=O)c3ccccc32)cc1. The molecule has 0 spiro atoms. The van der Waals surface area contributed by atoms with Crippen molar-refractivity contribution in [3.63, 3.8) is 0 Å². The van der Waals surface area contributed by atoms with Crippen LogP contribution in [0.4, 0.5) is 5.69 Å². The second-order valence-electron chi connectivity index (χ2n) is 8.84. The van der Waals surface area contributed by atoms with Crippen LogP contribution in [0.5, 0.6) is 0 Å². The van der Waals surface area contributed by atoms with Gasteiger partial charge in [0.25, 0.3) is 0 Å². The molecule has 0 fully saturated rings. The summed E-state index contributed by atoms with van der Waals surface area (Å²) in [6.45, 7) is 0. The van der Waals surface area contributed by atoms with Gasteiger partial charge < -0.3 is 14.6 Å². The Morgan fingerprint density at radius 1 is 0.765 bits per heavy atom. The molecule has 1 atom stereocenters. The molecule has 1 N–H and O–H groups in total. The van der Waals surface area contributed by atoms with Gasteiger partial charge in [-0.3, -0.25) is 0 Å². The molecule has 0 aliphatic carbocycles. The third kappa shape index (κ3) is 2.88. The number of aromatic amines is 1. The van der Waals surface area contributed by atoms with E-state index in [1.54, 1.807) is 0 Å². The van der Waals surface area contributed by atoms with Crippen LogP contribution < -0.4 is 4.90 Å². The molecule has 1 aliphatic heterocycles. The van der Waals surface area contributed by atoms with E-state index < -0.39 is 5.60 Å². The molecule has 34 heavy (non-hydrogen) atoms. The first-order valence-electron chi connectivity index (χ1n) is 11.4.